The first-order chi connectivity index (χ1) is 15.4. The number of urea groups is 1. The van der Waals surface area contributed by atoms with E-state index in [4.69, 9.17) is 0 Å². The Morgan fingerprint density at radius 3 is 2.24 bits per heavy atom. The summed E-state index contributed by atoms with van der Waals surface area (Å²) < 4.78 is 22.2. The first-order valence-corrected chi connectivity index (χ1v) is 11.3. The molecule has 0 atom stereocenters. The Bertz CT molecular complexity index is 1270. The van der Waals surface area contributed by atoms with E-state index in [0.29, 0.717) is 16.8 Å². The van der Waals surface area contributed by atoms with Crippen LogP contribution in [-0.4, -0.2) is 42.8 Å². The molecule has 0 unspecified atom stereocenters. The molecule has 0 aliphatic carbocycles. The van der Waals surface area contributed by atoms with Gasteiger partial charge in [0.25, 0.3) is 5.91 Å². The van der Waals surface area contributed by atoms with E-state index in [1.807, 2.05) is 20.8 Å². The lowest BCUT2D eigenvalue weighted by atomic mass is 9.85. The molecular weight excluding hydrogens is 446 g/mol. The van der Waals surface area contributed by atoms with Crippen LogP contribution in [0.5, 0.6) is 5.75 Å². The van der Waals surface area contributed by atoms with Crippen molar-refractivity contribution in [3.63, 3.8) is 0 Å². The van der Waals surface area contributed by atoms with Crippen LogP contribution >= 0.6 is 0 Å². The van der Waals surface area contributed by atoms with E-state index in [2.05, 4.69) is 10.6 Å². The first kappa shape index (κ1) is 24.0. The Hall–Kier alpha value is -3.66. The Morgan fingerprint density at radius 1 is 1.09 bits per heavy atom. The minimum atomic E-state index is -2.36. The van der Waals surface area contributed by atoms with Crippen LogP contribution in [-0.2, 0) is 20.5 Å². The van der Waals surface area contributed by atoms with E-state index in [1.165, 1.54) is 42.2 Å². The molecular formula is C23H25N3O6S. The van der Waals surface area contributed by atoms with Crippen LogP contribution in [0.3, 0.4) is 0 Å². The maximum Gasteiger partial charge on any atom is 0.328 e. The van der Waals surface area contributed by atoms with Gasteiger partial charge in [-0.1, -0.05) is 32.9 Å². The second kappa shape index (κ2) is 9.07. The molecule has 10 heteroatoms. The highest BCUT2D eigenvalue weighted by molar-refractivity contribution is 7.73. The summed E-state index contributed by atoms with van der Waals surface area (Å²) in [5.74, 6) is -1.01. The topological polar surface area (TPSA) is 133 Å². The van der Waals surface area contributed by atoms with Gasteiger partial charge in [-0.25, -0.2) is 4.79 Å². The molecule has 2 aromatic carbocycles. The molecule has 3 rings (SSSR count). The predicted octanol–water partition coefficient (Wildman–Crippen LogP) is 2.81. The maximum atomic E-state index is 12.8. The summed E-state index contributed by atoms with van der Waals surface area (Å²) in [6.07, 6.45) is 0.135. The van der Waals surface area contributed by atoms with Crippen molar-refractivity contribution >= 4 is 44.4 Å². The Labute approximate surface area is 192 Å². The van der Waals surface area contributed by atoms with Crippen LogP contribution in [0.25, 0.3) is 0 Å². The molecule has 33 heavy (non-hydrogen) atoms. The fourth-order valence-electron chi connectivity index (χ4n) is 3.40. The summed E-state index contributed by atoms with van der Waals surface area (Å²) >= 11 is 0. The molecule has 1 fully saturated rings. The van der Waals surface area contributed by atoms with E-state index >= 15 is 0 Å². The van der Waals surface area contributed by atoms with Gasteiger partial charge >= 0.3 is 6.03 Å². The maximum absolute atomic E-state index is 12.8. The van der Waals surface area contributed by atoms with Crippen molar-refractivity contribution in [2.75, 3.05) is 16.8 Å². The van der Waals surface area contributed by atoms with Crippen molar-refractivity contribution in [2.45, 2.75) is 39.5 Å². The summed E-state index contributed by atoms with van der Waals surface area (Å²) in [7, 11) is -2.36. The normalized spacial score (nSPS) is 14.0. The van der Waals surface area contributed by atoms with Crippen LogP contribution in [0.2, 0.25) is 0 Å². The average molecular weight is 472 g/mol. The summed E-state index contributed by atoms with van der Waals surface area (Å²) in [5.41, 5.74) is 1.26. The number of carbonyl (C=O) groups is 3. The van der Waals surface area contributed by atoms with Crippen molar-refractivity contribution in [1.29, 1.82) is 0 Å². The van der Waals surface area contributed by atoms with E-state index in [9.17, 15) is 27.9 Å². The van der Waals surface area contributed by atoms with Crippen molar-refractivity contribution in [2.24, 2.45) is 0 Å². The Morgan fingerprint density at radius 2 is 1.70 bits per heavy atom. The van der Waals surface area contributed by atoms with Crippen LogP contribution in [0.1, 0.15) is 55.6 Å². The van der Waals surface area contributed by atoms with Gasteiger partial charge in [0.1, 0.15) is 5.75 Å². The lowest BCUT2D eigenvalue weighted by Gasteiger charge is -2.30. The number of anilines is 2. The molecule has 1 aliphatic heterocycles. The second-order valence-corrected chi connectivity index (χ2v) is 9.80. The number of phenolic OH excluding ortho intramolecular Hbond substituents is 1. The van der Waals surface area contributed by atoms with Gasteiger partial charge in [-0.05, 0) is 42.2 Å². The van der Waals surface area contributed by atoms with Crippen LogP contribution in [0, 0.1) is 0 Å². The molecule has 4 amide bonds. The quantitative estimate of drug-likeness (QED) is 0.357. The second-order valence-electron chi connectivity index (χ2n) is 8.72. The number of hydrogen-bond acceptors (Lipinski definition) is 6. The van der Waals surface area contributed by atoms with Gasteiger partial charge in [0.2, 0.25) is 16.2 Å². The van der Waals surface area contributed by atoms with E-state index in [-0.39, 0.29) is 40.7 Å². The lowest BCUT2D eigenvalue weighted by molar-refractivity contribution is -0.120. The number of hydrogen-bond donors (Lipinski definition) is 3. The zero-order chi connectivity index (χ0) is 24.5. The number of aromatic hydroxyl groups is 1. The lowest BCUT2D eigenvalue weighted by Crippen LogP contribution is -2.49. The fraction of sp³-hybridized carbons (Fsp3) is 0.304. The first-order valence-electron chi connectivity index (χ1n) is 10.2. The molecule has 1 aliphatic rings. The molecule has 1 saturated heterocycles. The molecule has 0 spiro atoms. The largest absolute Gasteiger partial charge is 0.505 e. The van der Waals surface area contributed by atoms with E-state index in [0.717, 1.165) is 0 Å². The zero-order valence-corrected chi connectivity index (χ0v) is 19.5. The number of carbonyl (C=O) groups excluding carboxylic acids is 3. The third-order valence-electron chi connectivity index (χ3n) is 5.32. The summed E-state index contributed by atoms with van der Waals surface area (Å²) in [4.78, 5) is 38.2. The highest BCUT2D eigenvalue weighted by Crippen LogP contribution is 2.40. The van der Waals surface area contributed by atoms with Crippen LogP contribution in [0.4, 0.5) is 16.2 Å². The van der Waals surface area contributed by atoms with Crippen LogP contribution in [0.15, 0.2) is 36.4 Å². The number of nitrogens with zero attached hydrogens (tertiary/aromatic N) is 1. The number of benzene rings is 2. The number of amides is 4. The molecule has 0 saturated carbocycles. The molecule has 1 heterocycles. The summed E-state index contributed by atoms with van der Waals surface area (Å²) in [6, 6.07) is 8.57. The van der Waals surface area contributed by atoms with Crippen molar-refractivity contribution < 1.29 is 27.9 Å². The molecule has 9 nitrogen and oxygen atoms in total. The molecule has 0 radical (unpaired) electrons. The van der Waals surface area contributed by atoms with Gasteiger partial charge in [0, 0.05) is 29.8 Å². The molecule has 2 aromatic rings. The predicted molar refractivity (Wildman–Crippen MR) is 125 cm³/mol. The third-order valence-corrected chi connectivity index (χ3v) is 6.06. The molecule has 3 N–H and O–H groups in total. The van der Waals surface area contributed by atoms with Crippen molar-refractivity contribution in [3.05, 3.63) is 53.1 Å². The van der Waals surface area contributed by atoms with Crippen molar-refractivity contribution in [1.82, 2.24) is 5.32 Å². The standard InChI is InChI=1S/C23H25N3O6S/c1-13(33(31)32)14-5-7-15(8-6-14)21(29)24-18-12-16(11-17(20(18)28)23(2,3)4)26-10-9-19(27)25-22(26)30/h5-8,11-12,28H,9-10H2,1-4H3,(H,24,29)(H,25,27,30). The average Bonchev–Trinajstić information content (AvgIpc) is 2.74. The zero-order valence-electron chi connectivity index (χ0n) is 18.7. The highest BCUT2D eigenvalue weighted by atomic mass is 32.2. The molecule has 174 valence electrons. The minimum Gasteiger partial charge on any atom is -0.505 e. The highest BCUT2D eigenvalue weighted by Gasteiger charge is 2.28. The molecule has 0 aromatic heterocycles. The third kappa shape index (κ3) is 5.23. The molecule has 0 bridgehead atoms. The number of imide groups is 1. The number of nitrogens with one attached hydrogen (secondary N) is 2. The van der Waals surface area contributed by atoms with Gasteiger partial charge in [0.15, 0.2) is 0 Å². The van der Waals surface area contributed by atoms with Gasteiger partial charge in [-0.3, -0.25) is 19.8 Å². The monoisotopic (exact) mass is 471 g/mol. The SMILES string of the molecule is CC(c1ccc(C(=O)Nc2cc(N3CCC(=O)NC3=O)cc(C(C)(C)C)c2O)cc1)=S(=O)=O. The van der Waals surface area contributed by atoms with Crippen LogP contribution < -0.4 is 15.5 Å². The van der Waals surface area contributed by atoms with Gasteiger partial charge in [-0.2, -0.15) is 8.42 Å². The van der Waals surface area contributed by atoms with E-state index < -0.39 is 27.6 Å². The minimum absolute atomic E-state index is 0.111. The number of rotatable bonds is 4. The summed E-state index contributed by atoms with van der Waals surface area (Å²) in [5, 5.41) is 15.8. The Kier molecular flexibility index (Phi) is 6.59. The smallest absolute Gasteiger partial charge is 0.328 e. The fourth-order valence-corrected chi connectivity index (χ4v) is 3.73. The summed E-state index contributed by atoms with van der Waals surface area (Å²) in [6.45, 7) is 7.28. The van der Waals surface area contributed by atoms with Gasteiger partial charge in [-0.15, -0.1) is 0 Å². The number of phenols is 1. The Balaban J connectivity index is 1.98. The van der Waals surface area contributed by atoms with Crippen molar-refractivity contribution in [3.8, 4) is 5.75 Å². The van der Waals surface area contributed by atoms with E-state index in [1.54, 1.807) is 6.07 Å². The van der Waals surface area contributed by atoms with Gasteiger partial charge < -0.3 is 10.4 Å². The van der Waals surface area contributed by atoms with Gasteiger partial charge in [0.05, 0.1) is 10.6 Å².